The zero-order valence-electron chi connectivity index (χ0n) is 11.4. The Balaban J connectivity index is 2.39. The first kappa shape index (κ1) is 14.1. The third-order valence-corrected chi connectivity index (χ3v) is 2.93. The molecule has 1 nitrogen and oxygen atoms in total. The Hall–Kier alpha value is -2.29. The summed E-state index contributed by atoms with van der Waals surface area (Å²) in [7, 11) is 1.52. The van der Waals surface area contributed by atoms with Gasteiger partial charge in [-0.2, -0.15) is 0 Å². The Morgan fingerprint density at radius 2 is 1.85 bits per heavy atom. The van der Waals surface area contributed by atoms with Gasteiger partial charge in [0, 0.05) is 7.05 Å². The maximum Gasteiger partial charge on any atom is 0.141 e. The molecule has 0 aromatic heterocycles. The average Bonchev–Trinajstić information content (AvgIpc) is 2.42. The molecular formula is C17H15F2N. The van der Waals surface area contributed by atoms with E-state index in [1.165, 1.54) is 19.2 Å². The van der Waals surface area contributed by atoms with Crippen molar-refractivity contribution in [2.24, 2.45) is 4.99 Å². The van der Waals surface area contributed by atoms with Crippen LogP contribution in [0.15, 0.2) is 53.3 Å². The number of halogens is 2. The molecule has 0 aliphatic carbocycles. The standard InChI is InChI=1S/C17H15F2N/c1-12-8-15(6-7-17(12)19)14-5-3-4-13(9-14)10-16(18)11-20-2/h3-11H,1-2H3/b16-10+,20-11?. The molecule has 102 valence electrons. The molecule has 20 heavy (non-hydrogen) atoms. The highest BCUT2D eigenvalue weighted by molar-refractivity contribution is 5.83. The van der Waals surface area contributed by atoms with E-state index in [0.717, 1.165) is 22.9 Å². The minimum Gasteiger partial charge on any atom is -0.293 e. The molecule has 0 N–H and O–H groups in total. The van der Waals surface area contributed by atoms with E-state index in [2.05, 4.69) is 4.99 Å². The second-order valence-corrected chi connectivity index (χ2v) is 4.51. The Bertz CT molecular complexity index is 672. The number of aryl methyl sites for hydroxylation is 1. The zero-order chi connectivity index (χ0) is 14.5. The monoisotopic (exact) mass is 271 g/mol. The van der Waals surface area contributed by atoms with Gasteiger partial charge in [0.15, 0.2) is 0 Å². The van der Waals surface area contributed by atoms with Crippen molar-refractivity contribution in [3.05, 3.63) is 65.2 Å². The number of benzene rings is 2. The molecular weight excluding hydrogens is 256 g/mol. The van der Waals surface area contributed by atoms with E-state index in [0.29, 0.717) is 5.56 Å². The predicted molar refractivity (Wildman–Crippen MR) is 80.1 cm³/mol. The summed E-state index contributed by atoms with van der Waals surface area (Å²) in [6.45, 7) is 1.72. The van der Waals surface area contributed by atoms with Crippen LogP contribution in [-0.4, -0.2) is 13.3 Å². The number of hydrogen-bond donors (Lipinski definition) is 0. The van der Waals surface area contributed by atoms with Gasteiger partial charge in [-0.05, 0) is 53.5 Å². The lowest BCUT2D eigenvalue weighted by molar-refractivity contribution is 0.619. The first-order chi connectivity index (χ1) is 9.60. The SMILES string of the molecule is CN=C/C(F)=C\c1cccc(-c2ccc(F)c(C)c2)c1. The largest absolute Gasteiger partial charge is 0.293 e. The summed E-state index contributed by atoms with van der Waals surface area (Å²) in [6, 6.07) is 12.4. The highest BCUT2D eigenvalue weighted by Gasteiger charge is 2.02. The van der Waals surface area contributed by atoms with Crippen LogP contribution in [0.5, 0.6) is 0 Å². The van der Waals surface area contributed by atoms with Gasteiger partial charge in [0.05, 0.1) is 6.21 Å². The van der Waals surface area contributed by atoms with Crippen LogP contribution in [-0.2, 0) is 0 Å². The van der Waals surface area contributed by atoms with Crippen molar-refractivity contribution in [1.29, 1.82) is 0 Å². The molecule has 0 atom stereocenters. The summed E-state index contributed by atoms with van der Waals surface area (Å²) in [5.41, 5.74) is 3.15. The minimum atomic E-state index is -0.403. The van der Waals surface area contributed by atoms with Gasteiger partial charge in [-0.1, -0.05) is 24.3 Å². The summed E-state index contributed by atoms with van der Waals surface area (Å²) >= 11 is 0. The van der Waals surface area contributed by atoms with Crippen molar-refractivity contribution in [2.45, 2.75) is 6.92 Å². The van der Waals surface area contributed by atoms with Gasteiger partial charge in [-0.25, -0.2) is 8.78 Å². The Labute approximate surface area is 117 Å². The molecule has 3 heteroatoms. The fourth-order valence-corrected chi connectivity index (χ4v) is 1.95. The van der Waals surface area contributed by atoms with Crippen LogP contribution in [0.4, 0.5) is 8.78 Å². The topological polar surface area (TPSA) is 12.4 Å². The van der Waals surface area contributed by atoms with E-state index in [4.69, 9.17) is 0 Å². The zero-order valence-corrected chi connectivity index (χ0v) is 11.4. The lowest BCUT2D eigenvalue weighted by Crippen LogP contribution is -1.85. The van der Waals surface area contributed by atoms with Crippen LogP contribution in [0, 0.1) is 12.7 Å². The fourth-order valence-electron chi connectivity index (χ4n) is 1.95. The average molecular weight is 271 g/mol. The first-order valence-electron chi connectivity index (χ1n) is 6.26. The molecule has 0 unspecified atom stereocenters. The molecule has 0 aliphatic rings. The minimum absolute atomic E-state index is 0.227. The van der Waals surface area contributed by atoms with E-state index in [1.54, 1.807) is 19.1 Å². The highest BCUT2D eigenvalue weighted by atomic mass is 19.1. The lowest BCUT2D eigenvalue weighted by atomic mass is 10.0. The Morgan fingerprint density at radius 1 is 1.10 bits per heavy atom. The normalized spacial score (nSPS) is 12.1. The third-order valence-electron chi connectivity index (χ3n) is 2.93. The highest BCUT2D eigenvalue weighted by Crippen LogP contribution is 2.23. The van der Waals surface area contributed by atoms with Crippen molar-refractivity contribution in [1.82, 2.24) is 0 Å². The van der Waals surface area contributed by atoms with Crippen molar-refractivity contribution in [3.8, 4) is 11.1 Å². The summed E-state index contributed by atoms with van der Waals surface area (Å²) in [5, 5.41) is 0. The summed E-state index contributed by atoms with van der Waals surface area (Å²) in [5.74, 6) is -0.630. The van der Waals surface area contributed by atoms with Crippen molar-refractivity contribution in [2.75, 3.05) is 7.05 Å². The van der Waals surface area contributed by atoms with E-state index in [9.17, 15) is 8.78 Å². The number of allylic oxidation sites excluding steroid dienone is 1. The van der Waals surface area contributed by atoms with Crippen molar-refractivity contribution in [3.63, 3.8) is 0 Å². The van der Waals surface area contributed by atoms with Gasteiger partial charge in [0.1, 0.15) is 11.6 Å². The van der Waals surface area contributed by atoms with Gasteiger partial charge >= 0.3 is 0 Å². The summed E-state index contributed by atoms with van der Waals surface area (Å²) in [6.07, 6.45) is 2.57. The molecule has 0 bridgehead atoms. The fraction of sp³-hybridized carbons (Fsp3) is 0.118. The molecule has 0 heterocycles. The smallest absolute Gasteiger partial charge is 0.141 e. The summed E-state index contributed by atoms with van der Waals surface area (Å²) in [4.78, 5) is 3.62. The van der Waals surface area contributed by atoms with Crippen LogP contribution in [0.1, 0.15) is 11.1 Å². The van der Waals surface area contributed by atoms with E-state index >= 15 is 0 Å². The number of aliphatic imine (C=N–C) groups is 1. The van der Waals surface area contributed by atoms with Crippen LogP contribution in [0.3, 0.4) is 0 Å². The maximum atomic E-state index is 13.4. The number of hydrogen-bond acceptors (Lipinski definition) is 1. The second kappa shape index (κ2) is 6.24. The van der Waals surface area contributed by atoms with Gasteiger partial charge in [0.2, 0.25) is 0 Å². The van der Waals surface area contributed by atoms with E-state index in [-0.39, 0.29) is 5.82 Å². The molecule has 0 spiro atoms. The molecule has 0 saturated heterocycles. The van der Waals surface area contributed by atoms with Crippen LogP contribution in [0.25, 0.3) is 17.2 Å². The second-order valence-electron chi connectivity index (χ2n) is 4.51. The van der Waals surface area contributed by atoms with Crippen molar-refractivity contribution < 1.29 is 8.78 Å². The number of nitrogens with zero attached hydrogens (tertiary/aromatic N) is 1. The molecule has 0 fully saturated rings. The van der Waals surface area contributed by atoms with Crippen LogP contribution in [0.2, 0.25) is 0 Å². The summed E-state index contributed by atoms with van der Waals surface area (Å²) < 4.78 is 26.7. The Morgan fingerprint density at radius 3 is 2.55 bits per heavy atom. The Kier molecular flexibility index (Phi) is 4.41. The molecule has 0 radical (unpaired) electrons. The maximum absolute atomic E-state index is 13.4. The lowest BCUT2D eigenvalue weighted by Gasteiger charge is -2.05. The molecule has 0 amide bonds. The number of rotatable bonds is 3. The van der Waals surface area contributed by atoms with Crippen molar-refractivity contribution >= 4 is 12.3 Å². The predicted octanol–water partition coefficient (Wildman–Crippen LogP) is 4.81. The van der Waals surface area contributed by atoms with Gasteiger partial charge in [-0.3, -0.25) is 4.99 Å². The van der Waals surface area contributed by atoms with Crippen LogP contribution >= 0.6 is 0 Å². The van der Waals surface area contributed by atoms with Gasteiger partial charge in [-0.15, -0.1) is 0 Å². The molecule has 0 aliphatic heterocycles. The molecule has 0 saturated carbocycles. The van der Waals surface area contributed by atoms with Crippen LogP contribution < -0.4 is 0 Å². The van der Waals surface area contributed by atoms with E-state index in [1.807, 2.05) is 24.3 Å². The quantitative estimate of drug-likeness (QED) is 0.710. The molecule has 2 aromatic rings. The van der Waals surface area contributed by atoms with Gasteiger partial charge < -0.3 is 0 Å². The molecule has 2 aromatic carbocycles. The van der Waals surface area contributed by atoms with E-state index < -0.39 is 5.83 Å². The molecule has 2 rings (SSSR count). The third kappa shape index (κ3) is 3.38. The first-order valence-corrected chi connectivity index (χ1v) is 6.26. The van der Waals surface area contributed by atoms with Gasteiger partial charge in [0.25, 0.3) is 0 Å².